The summed E-state index contributed by atoms with van der Waals surface area (Å²) in [5.41, 5.74) is 0. The molecule has 0 aromatic carbocycles. The van der Waals surface area contributed by atoms with E-state index in [9.17, 15) is 14.7 Å². The van der Waals surface area contributed by atoms with Gasteiger partial charge in [-0.3, -0.25) is 14.5 Å². The van der Waals surface area contributed by atoms with Crippen LogP contribution < -0.4 is 0 Å². The van der Waals surface area contributed by atoms with Gasteiger partial charge in [-0.1, -0.05) is 0 Å². The first kappa shape index (κ1) is 16.9. The molecule has 1 unspecified atom stereocenters. The van der Waals surface area contributed by atoms with E-state index in [1.54, 1.807) is 25.9 Å². The lowest BCUT2D eigenvalue weighted by molar-refractivity contribution is -0.131. The average Bonchev–Trinajstić information content (AvgIpc) is 2.61. The number of hydrogen-bond acceptors (Lipinski definition) is 4. The van der Waals surface area contributed by atoms with Crippen LogP contribution in [-0.4, -0.2) is 84.5 Å². The van der Waals surface area contributed by atoms with Crippen LogP contribution in [0.4, 0.5) is 0 Å². The third-order valence-corrected chi connectivity index (χ3v) is 3.57. The number of likely N-dealkylation sites (N-methyl/N-ethyl adjacent to an activating group) is 1. The summed E-state index contributed by atoms with van der Waals surface area (Å²) in [6.07, 6.45) is 1.37. The number of carbonyl (C=O) groups is 2. The van der Waals surface area contributed by atoms with Crippen LogP contribution in [0.25, 0.3) is 0 Å². The van der Waals surface area contributed by atoms with Crippen molar-refractivity contribution < 1.29 is 14.7 Å². The minimum Gasteiger partial charge on any atom is -0.393 e. The Bertz CT molecular complexity index is 332. The zero-order chi connectivity index (χ0) is 15.1. The zero-order valence-electron chi connectivity index (χ0n) is 12.8. The van der Waals surface area contributed by atoms with Crippen molar-refractivity contribution in [3.63, 3.8) is 0 Å². The van der Waals surface area contributed by atoms with Crippen molar-refractivity contribution in [3.05, 3.63) is 0 Å². The zero-order valence-corrected chi connectivity index (χ0v) is 12.8. The maximum absolute atomic E-state index is 12.0. The topological polar surface area (TPSA) is 64.1 Å². The van der Waals surface area contributed by atoms with E-state index in [-0.39, 0.29) is 11.8 Å². The standard InChI is InChI=1S/C14H27N3O3/c1-12(18)5-6-13(19)17-8-4-7-16(9-10-17)11-14(20)15(2)3/h12,18H,4-11H2,1-3H3. The van der Waals surface area contributed by atoms with Gasteiger partial charge in [0.25, 0.3) is 0 Å². The molecular formula is C14H27N3O3. The van der Waals surface area contributed by atoms with E-state index in [1.165, 1.54) is 0 Å². The number of rotatable bonds is 5. The Balaban J connectivity index is 2.39. The normalized spacial score (nSPS) is 18.5. The van der Waals surface area contributed by atoms with Crippen LogP contribution >= 0.6 is 0 Å². The monoisotopic (exact) mass is 285 g/mol. The molecule has 2 amide bonds. The first-order valence-corrected chi connectivity index (χ1v) is 7.28. The van der Waals surface area contributed by atoms with Crippen LogP contribution in [-0.2, 0) is 9.59 Å². The molecule has 1 N–H and O–H groups in total. The van der Waals surface area contributed by atoms with Crippen molar-refractivity contribution in [2.75, 3.05) is 46.8 Å². The minimum atomic E-state index is -0.430. The largest absolute Gasteiger partial charge is 0.393 e. The lowest BCUT2D eigenvalue weighted by Crippen LogP contribution is -2.39. The van der Waals surface area contributed by atoms with Crippen molar-refractivity contribution in [2.45, 2.75) is 32.3 Å². The van der Waals surface area contributed by atoms with Crippen molar-refractivity contribution in [3.8, 4) is 0 Å². The maximum Gasteiger partial charge on any atom is 0.236 e. The molecule has 0 aliphatic carbocycles. The Morgan fingerprint density at radius 3 is 2.50 bits per heavy atom. The molecular weight excluding hydrogens is 258 g/mol. The summed E-state index contributed by atoms with van der Waals surface area (Å²) in [5.74, 6) is 0.200. The smallest absolute Gasteiger partial charge is 0.236 e. The third-order valence-electron chi connectivity index (χ3n) is 3.57. The van der Waals surface area contributed by atoms with E-state index in [0.29, 0.717) is 25.9 Å². The van der Waals surface area contributed by atoms with Gasteiger partial charge in [-0.2, -0.15) is 0 Å². The second-order valence-corrected chi connectivity index (χ2v) is 5.69. The molecule has 6 nitrogen and oxygen atoms in total. The van der Waals surface area contributed by atoms with Gasteiger partial charge in [0.05, 0.1) is 12.6 Å². The molecule has 1 saturated heterocycles. The number of hydrogen-bond donors (Lipinski definition) is 1. The van der Waals surface area contributed by atoms with Crippen LogP contribution in [0, 0.1) is 0 Å². The van der Waals surface area contributed by atoms with Crippen LogP contribution in [0.3, 0.4) is 0 Å². The first-order chi connectivity index (χ1) is 9.40. The van der Waals surface area contributed by atoms with E-state index in [4.69, 9.17) is 0 Å². The molecule has 0 aromatic rings. The Labute approximate surface area is 121 Å². The molecule has 0 saturated carbocycles. The molecule has 1 heterocycles. The molecule has 116 valence electrons. The lowest BCUT2D eigenvalue weighted by Gasteiger charge is -2.23. The fourth-order valence-corrected chi connectivity index (χ4v) is 2.20. The van der Waals surface area contributed by atoms with Gasteiger partial charge in [0.1, 0.15) is 0 Å². The summed E-state index contributed by atoms with van der Waals surface area (Å²) in [7, 11) is 3.51. The molecule has 0 bridgehead atoms. The second kappa shape index (κ2) is 8.21. The second-order valence-electron chi connectivity index (χ2n) is 5.69. The third kappa shape index (κ3) is 5.88. The van der Waals surface area contributed by atoms with Crippen LogP contribution in [0.15, 0.2) is 0 Å². The quantitative estimate of drug-likeness (QED) is 0.758. The van der Waals surface area contributed by atoms with Gasteiger partial charge >= 0.3 is 0 Å². The Hall–Kier alpha value is -1.14. The van der Waals surface area contributed by atoms with E-state index >= 15 is 0 Å². The minimum absolute atomic E-state index is 0.0962. The molecule has 0 spiro atoms. The van der Waals surface area contributed by atoms with Crippen molar-refractivity contribution in [2.24, 2.45) is 0 Å². The summed E-state index contributed by atoms with van der Waals surface area (Å²) in [6, 6.07) is 0. The van der Waals surface area contributed by atoms with Gasteiger partial charge in [-0.15, -0.1) is 0 Å². The molecule has 0 aromatic heterocycles. The van der Waals surface area contributed by atoms with Crippen molar-refractivity contribution in [1.82, 2.24) is 14.7 Å². The van der Waals surface area contributed by atoms with Crippen molar-refractivity contribution in [1.29, 1.82) is 0 Å². The predicted molar refractivity (Wildman–Crippen MR) is 77.2 cm³/mol. The van der Waals surface area contributed by atoms with E-state index < -0.39 is 6.10 Å². The Kier molecular flexibility index (Phi) is 6.95. The molecule has 1 aliphatic rings. The highest BCUT2D eigenvalue weighted by molar-refractivity contribution is 5.78. The van der Waals surface area contributed by atoms with Crippen LogP contribution in [0.1, 0.15) is 26.2 Å². The molecule has 1 fully saturated rings. The number of carbonyl (C=O) groups excluding carboxylic acids is 2. The van der Waals surface area contributed by atoms with Gasteiger partial charge in [-0.25, -0.2) is 0 Å². The van der Waals surface area contributed by atoms with Crippen LogP contribution in [0.2, 0.25) is 0 Å². The highest BCUT2D eigenvalue weighted by Gasteiger charge is 2.20. The summed E-state index contributed by atoms with van der Waals surface area (Å²) in [5, 5.41) is 9.23. The summed E-state index contributed by atoms with van der Waals surface area (Å²) in [4.78, 5) is 29.3. The lowest BCUT2D eigenvalue weighted by atomic mass is 10.2. The molecule has 0 radical (unpaired) electrons. The average molecular weight is 285 g/mol. The van der Waals surface area contributed by atoms with Gasteiger partial charge in [0.2, 0.25) is 11.8 Å². The molecule has 6 heteroatoms. The van der Waals surface area contributed by atoms with Crippen LogP contribution in [0.5, 0.6) is 0 Å². The fourth-order valence-electron chi connectivity index (χ4n) is 2.20. The number of aliphatic hydroxyl groups is 1. The van der Waals surface area contributed by atoms with Gasteiger partial charge < -0.3 is 14.9 Å². The first-order valence-electron chi connectivity index (χ1n) is 7.28. The Morgan fingerprint density at radius 2 is 1.90 bits per heavy atom. The van der Waals surface area contributed by atoms with E-state index in [0.717, 1.165) is 26.1 Å². The predicted octanol–water partition coefficient (Wildman–Crippen LogP) is -0.230. The summed E-state index contributed by atoms with van der Waals surface area (Å²) < 4.78 is 0. The van der Waals surface area contributed by atoms with Gasteiger partial charge in [0.15, 0.2) is 0 Å². The maximum atomic E-state index is 12.0. The molecule has 1 rings (SSSR count). The summed E-state index contributed by atoms with van der Waals surface area (Å²) >= 11 is 0. The Morgan fingerprint density at radius 1 is 1.20 bits per heavy atom. The molecule has 1 atom stereocenters. The number of aliphatic hydroxyl groups excluding tert-OH is 1. The highest BCUT2D eigenvalue weighted by atomic mass is 16.3. The fraction of sp³-hybridized carbons (Fsp3) is 0.857. The SMILES string of the molecule is CC(O)CCC(=O)N1CCCN(CC(=O)N(C)C)CC1. The van der Waals surface area contributed by atoms with Crippen molar-refractivity contribution >= 4 is 11.8 Å². The molecule has 20 heavy (non-hydrogen) atoms. The molecule has 1 aliphatic heterocycles. The highest BCUT2D eigenvalue weighted by Crippen LogP contribution is 2.07. The number of nitrogens with zero attached hydrogens (tertiary/aromatic N) is 3. The van der Waals surface area contributed by atoms with Gasteiger partial charge in [0, 0.05) is 46.7 Å². The van der Waals surface area contributed by atoms with E-state index in [1.807, 2.05) is 4.90 Å². The number of amides is 2. The van der Waals surface area contributed by atoms with E-state index in [2.05, 4.69) is 4.90 Å². The summed E-state index contributed by atoms with van der Waals surface area (Å²) in [6.45, 7) is 5.11. The van der Waals surface area contributed by atoms with Gasteiger partial charge in [-0.05, 0) is 19.8 Å².